The van der Waals surface area contributed by atoms with Crippen LogP contribution in [0.25, 0.3) is 0 Å². The third kappa shape index (κ3) is 3.02. The van der Waals surface area contributed by atoms with Crippen LogP contribution >= 0.6 is 11.8 Å². The van der Waals surface area contributed by atoms with Gasteiger partial charge in [-0.25, -0.2) is 0 Å². The highest BCUT2D eigenvalue weighted by molar-refractivity contribution is 7.99. The molecule has 1 aromatic rings. The van der Waals surface area contributed by atoms with Crippen molar-refractivity contribution in [3.8, 4) is 0 Å². The molecule has 0 amide bonds. The Morgan fingerprint density at radius 3 is 2.83 bits per heavy atom. The lowest BCUT2D eigenvalue weighted by Gasteiger charge is -2.19. The van der Waals surface area contributed by atoms with Crippen molar-refractivity contribution in [1.82, 2.24) is 14.8 Å². The molecule has 1 aliphatic carbocycles. The van der Waals surface area contributed by atoms with E-state index in [1.165, 1.54) is 16.4 Å². The Morgan fingerprint density at radius 1 is 1.33 bits per heavy atom. The summed E-state index contributed by atoms with van der Waals surface area (Å²) < 4.78 is 1.44. The van der Waals surface area contributed by atoms with Crippen molar-refractivity contribution in [3.05, 3.63) is 20.7 Å². The smallest absolute Gasteiger partial charge is 0.339 e. The zero-order valence-corrected chi connectivity index (χ0v) is 11.1. The van der Waals surface area contributed by atoms with Crippen LogP contribution < -0.4 is 11.1 Å². The van der Waals surface area contributed by atoms with Crippen molar-refractivity contribution in [2.24, 2.45) is 7.05 Å². The number of aliphatic hydroxyl groups excluding tert-OH is 1. The van der Waals surface area contributed by atoms with Crippen LogP contribution in [0.1, 0.15) is 32.1 Å². The molecule has 18 heavy (non-hydrogen) atoms. The van der Waals surface area contributed by atoms with Gasteiger partial charge in [-0.2, -0.15) is 4.98 Å². The summed E-state index contributed by atoms with van der Waals surface area (Å²) in [5.74, 6) is 0. The molecule has 0 spiro atoms. The van der Waals surface area contributed by atoms with Crippen LogP contribution in [0.15, 0.2) is 14.7 Å². The Hall–Kier alpha value is -1.08. The minimum atomic E-state index is -0.779. The molecular formula is C11H17N3O3S. The van der Waals surface area contributed by atoms with Crippen molar-refractivity contribution in [2.75, 3.05) is 0 Å². The van der Waals surface area contributed by atoms with Gasteiger partial charge in [0.1, 0.15) is 0 Å². The molecule has 100 valence electrons. The molecule has 2 N–H and O–H groups in total. The Balaban J connectivity index is 2.20. The summed E-state index contributed by atoms with van der Waals surface area (Å²) in [7, 11) is 1.64. The summed E-state index contributed by atoms with van der Waals surface area (Å²) in [5, 5.41) is 12.9. The van der Waals surface area contributed by atoms with Crippen LogP contribution in [0.3, 0.4) is 0 Å². The fraction of sp³-hybridized carbons (Fsp3) is 0.727. The summed E-state index contributed by atoms with van der Waals surface area (Å²) in [6, 6.07) is 0. The quantitative estimate of drug-likeness (QED) is 0.595. The molecule has 2 unspecified atom stereocenters. The van der Waals surface area contributed by atoms with Crippen molar-refractivity contribution in [2.45, 2.75) is 48.6 Å². The van der Waals surface area contributed by atoms with Gasteiger partial charge in [0, 0.05) is 12.3 Å². The first kappa shape index (κ1) is 13.4. The average molecular weight is 271 g/mol. The molecule has 1 heterocycles. The van der Waals surface area contributed by atoms with Gasteiger partial charge in [-0.1, -0.05) is 31.0 Å². The number of H-pyrrole nitrogens is 1. The molecule has 1 saturated carbocycles. The maximum absolute atomic E-state index is 11.2. The highest BCUT2D eigenvalue weighted by Crippen LogP contribution is 2.31. The van der Waals surface area contributed by atoms with E-state index in [1.54, 1.807) is 7.05 Å². The summed E-state index contributed by atoms with van der Waals surface area (Å²) in [6.45, 7) is 0. The highest BCUT2D eigenvalue weighted by atomic mass is 32.2. The van der Waals surface area contributed by atoms with Gasteiger partial charge in [0.15, 0.2) is 5.16 Å². The Labute approximate surface area is 108 Å². The van der Waals surface area contributed by atoms with E-state index in [0.29, 0.717) is 5.16 Å². The first-order valence-corrected chi connectivity index (χ1v) is 6.98. The number of rotatable bonds is 2. The zero-order chi connectivity index (χ0) is 13.1. The number of aryl methyl sites for hydroxylation is 1. The van der Waals surface area contributed by atoms with Crippen LogP contribution in [0, 0.1) is 0 Å². The first-order valence-electron chi connectivity index (χ1n) is 6.10. The van der Waals surface area contributed by atoms with Crippen LogP contribution in [0.2, 0.25) is 0 Å². The fourth-order valence-electron chi connectivity index (χ4n) is 2.09. The maximum Gasteiger partial charge on any atom is 0.339 e. The van der Waals surface area contributed by atoms with E-state index in [0.717, 1.165) is 32.1 Å². The van der Waals surface area contributed by atoms with Gasteiger partial charge in [0.2, 0.25) is 0 Å². The van der Waals surface area contributed by atoms with Crippen LogP contribution in [0.4, 0.5) is 0 Å². The SMILES string of the molecule is Cn1[nH]c(=O)c(=O)nc1SC1CCCCCC1O. The second kappa shape index (κ2) is 5.71. The second-order valence-electron chi connectivity index (χ2n) is 4.56. The number of hydrogen-bond donors (Lipinski definition) is 2. The third-order valence-corrected chi connectivity index (χ3v) is 4.55. The van der Waals surface area contributed by atoms with E-state index >= 15 is 0 Å². The van der Waals surface area contributed by atoms with Gasteiger partial charge in [0.05, 0.1) is 6.10 Å². The summed E-state index contributed by atoms with van der Waals surface area (Å²) in [4.78, 5) is 26.1. The molecule has 6 nitrogen and oxygen atoms in total. The Morgan fingerprint density at radius 2 is 2.06 bits per heavy atom. The lowest BCUT2D eigenvalue weighted by Crippen LogP contribution is -2.34. The molecule has 1 aromatic heterocycles. The molecule has 0 bridgehead atoms. The van der Waals surface area contributed by atoms with E-state index in [2.05, 4.69) is 10.1 Å². The summed E-state index contributed by atoms with van der Waals surface area (Å²) >= 11 is 1.37. The number of nitrogens with one attached hydrogen (secondary N) is 1. The zero-order valence-electron chi connectivity index (χ0n) is 10.3. The van der Waals surface area contributed by atoms with Crippen molar-refractivity contribution >= 4 is 11.8 Å². The van der Waals surface area contributed by atoms with Gasteiger partial charge in [-0.05, 0) is 12.8 Å². The van der Waals surface area contributed by atoms with Gasteiger partial charge < -0.3 is 5.11 Å². The lowest BCUT2D eigenvalue weighted by molar-refractivity contribution is 0.163. The standard InChI is InChI=1S/C11H17N3O3S/c1-14-11(12-9(16)10(17)13-14)18-8-6-4-2-3-5-7(8)15/h7-8,15H,2-6H2,1H3,(H,13,17). The highest BCUT2D eigenvalue weighted by Gasteiger charge is 2.24. The van der Waals surface area contributed by atoms with Crippen LogP contribution in [0.5, 0.6) is 0 Å². The Kier molecular flexibility index (Phi) is 4.23. The lowest BCUT2D eigenvalue weighted by atomic mass is 10.1. The summed E-state index contributed by atoms with van der Waals surface area (Å²) in [5.41, 5.74) is -1.50. The maximum atomic E-state index is 11.2. The number of hydrogen-bond acceptors (Lipinski definition) is 5. The van der Waals surface area contributed by atoms with E-state index in [4.69, 9.17) is 0 Å². The summed E-state index contributed by atoms with van der Waals surface area (Å²) in [6.07, 6.45) is 4.56. The molecule has 1 fully saturated rings. The Bertz CT molecular complexity index is 525. The van der Waals surface area contributed by atoms with E-state index in [1.807, 2.05) is 0 Å². The van der Waals surface area contributed by atoms with Gasteiger partial charge in [0.25, 0.3) is 0 Å². The molecule has 2 rings (SSSR count). The van der Waals surface area contributed by atoms with Crippen LogP contribution in [-0.4, -0.2) is 31.2 Å². The number of nitrogens with zero attached hydrogens (tertiary/aromatic N) is 2. The monoisotopic (exact) mass is 271 g/mol. The van der Waals surface area contributed by atoms with Crippen molar-refractivity contribution in [1.29, 1.82) is 0 Å². The largest absolute Gasteiger partial charge is 0.392 e. The molecule has 0 radical (unpaired) electrons. The number of aromatic amines is 1. The first-order chi connectivity index (χ1) is 8.58. The number of aromatic nitrogens is 3. The minimum Gasteiger partial charge on any atom is -0.392 e. The van der Waals surface area contributed by atoms with Gasteiger partial charge in [-0.15, -0.1) is 0 Å². The normalized spacial score (nSPS) is 24.8. The number of aliphatic hydroxyl groups is 1. The molecule has 2 atom stereocenters. The predicted octanol–water partition coefficient (Wildman–Crippen LogP) is 0.254. The van der Waals surface area contributed by atoms with E-state index in [9.17, 15) is 14.7 Å². The van der Waals surface area contributed by atoms with E-state index < -0.39 is 11.1 Å². The molecule has 0 aliphatic heterocycles. The molecule has 1 aliphatic rings. The molecule has 0 saturated heterocycles. The van der Waals surface area contributed by atoms with E-state index in [-0.39, 0.29) is 11.4 Å². The van der Waals surface area contributed by atoms with Crippen LogP contribution in [-0.2, 0) is 7.05 Å². The van der Waals surface area contributed by atoms with Gasteiger partial charge >= 0.3 is 11.1 Å². The molecule has 0 aromatic carbocycles. The molecule has 7 heteroatoms. The van der Waals surface area contributed by atoms with Crippen molar-refractivity contribution < 1.29 is 5.11 Å². The molecular weight excluding hydrogens is 254 g/mol. The number of thioether (sulfide) groups is 1. The van der Waals surface area contributed by atoms with Crippen molar-refractivity contribution in [3.63, 3.8) is 0 Å². The second-order valence-corrected chi connectivity index (χ2v) is 5.77. The van der Waals surface area contributed by atoms with Gasteiger partial charge in [-0.3, -0.25) is 19.4 Å². The average Bonchev–Trinajstić information content (AvgIpc) is 2.52. The third-order valence-electron chi connectivity index (χ3n) is 3.12. The predicted molar refractivity (Wildman–Crippen MR) is 68.8 cm³/mol. The minimum absolute atomic E-state index is 0.0384. The fourth-order valence-corrected chi connectivity index (χ4v) is 3.28. The topological polar surface area (TPSA) is 88.0 Å².